The number of amidine groups is 1. The van der Waals surface area contributed by atoms with Gasteiger partial charge in [-0.15, -0.1) is 0 Å². The third kappa shape index (κ3) is 2.46. The Hall–Kier alpha value is -0.610. The van der Waals surface area contributed by atoms with Gasteiger partial charge in [-0.25, -0.2) is 0 Å². The minimum Gasteiger partial charge on any atom is -0.385 e. The van der Waals surface area contributed by atoms with Crippen LogP contribution >= 0.6 is 0 Å². The summed E-state index contributed by atoms with van der Waals surface area (Å²) in [5, 5.41) is 7.24. The average Bonchev–Trinajstić information content (AvgIpc) is 2.05. The molecule has 12 heavy (non-hydrogen) atoms. The van der Waals surface area contributed by atoms with Crippen LogP contribution in [0.2, 0.25) is 0 Å². The number of nitrogens with one attached hydrogen (secondary N) is 1. The fraction of sp³-hybridized carbons (Fsp3) is 0.875. The monoisotopic (exact) mass is 171 g/mol. The fourth-order valence-electron chi connectivity index (χ4n) is 1.41. The summed E-state index contributed by atoms with van der Waals surface area (Å²) >= 11 is 0. The van der Waals surface area contributed by atoms with Crippen LogP contribution in [0.3, 0.4) is 0 Å². The zero-order valence-corrected chi connectivity index (χ0v) is 7.55. The van der Waals surface area contributed by atoms with Crippen LogP contribution in [0.25, 0.3) is 0 Å². The van der Waals surface area contributed by atoms with Gasteiger partial charge in [0.1, 0.15) is 11.9 Å². The molecule has 4 nitrogen and oxygen atoms in total. The number of hydrogen-bond acceptors (Lipinski definition) is 3. The Morgan fingerprint density at radius 1 is 1.75 bits per heavy atom. The van der Waals surface area contributed by atoms with Crippen molar-refractivity contribution in [2.45, 2.75) is 19.4 Å². The Bertz CT molecular complexity index is 158. The Morgan fingerprint density at radius 2 is 2.50 bits per heavy atom. The molecule has 1 aliphatic rings. The molecule has 1 atom stereocenters. The molecule has 1 rings (SSSR count). The topological polar surface area (TPSA) is 62.3 Å². The Labute approximate surface area is 73.2 Å². The van der Waals surface area contributed by atoms with E-state index in [4.69, 9.17) is 15.9 Å². The molecule has 1 unspecified atom stereocenters. The van der Waals surface area contributed by atoms with Crippen LogP contribution in [0.1, 0.15) is 13.3 Å². The van der Waals surface area contributed by atoms with Gasteiger partial charge < -0.3 is 10.5 Å². The van der Waals surface area contributed by atoms with Crippen LogP contribution in [0, 0.1) is 5.41 Å². The lowest BCUT2D eigenvalue weighted by Gasteiger charge is -2.31. The summed E-state index contributed by atoms with van der Waals surface area (Å²) in [5.41, 5.74) is 5.36. The van der Waals surface area contributed by atoms with Crippen molar-refractivity contribution in [3.63, 3.8) is 0 Å². The Balaban J connectivity index is 2.35. The summed E-state index contributed by atoms with van der Waals surface area (Å²) in [4.78, 5) is 2.29. The fourth-order valence-corrected chi connectivity index (χ4v) is 1.41. The molecule has 1 aliphatic heterocycles. The maximum absolute atomic E-state index is 7.24. The molecule has 0 aliphatic carbocycles. The molecule has 1 saturated heterocycles. The molecule has 1 fully saturated rings. The van der Waals surface area contributed by atoms with Crippen LogP contribution in [0.5, 0.6) is 0 Å². The molecule has 1 heterocycles. The molecule has 0 aromatic rings. The second-order valence-electron chi connectivity index (χ2n) is 3.12. The molecular weight excluding hydrogens is 154 g/mol. The second kappa shape index (κ2) is 4.42. The lowest BCUT2D eigenvalue weighted by atomic mass is 10.2. The highest BCUT2D eigenvalue weighted by Gasteiger charge is 2.21. The van der Waals surface area contributed by atoms with Gasteiger partial charge in [0, 0.05) is 13.1 Å². The summed E-state index contributed by atoms with van der Waals surface area (Å²) in [5.74, 6) is 0.149. The van der Waals surface area contributed by atoms with Gasteiger partial charge in [-0.3, -0.25) is 10.3 Å². The number of hydrogen-bond donors (Lipinski definition) is 2. The van der Waals surface area contributed by atoms with Crippen molar-refractivity contribution in [2.24, 2.45) is 5.73 Å². The molecule has 0 saturated carbocycles. The van der Waals surface area contributed by atoms with E-state index < -0.39 is 0 Å². The zero-order chi connectivity index (χ0) is 8.97. The minimum atomic E-state index is -0.176. The van der Waals surface area contributed by atoms with Crippen LogP contribution in [0.4, 0.5) is 0 Å². The van der Waals surface area contributed by atoms with Crippen LogP contribution < -0.4 is 5.73 Å². The first-order chi connectivity index (χ1) is 5.74. The predicted octanol–water partition coefficient (Wildman–Crippen LogP) is 0.0332. The lowest BCUT2D eigenvalue weighted by molar-refractivity contribution is 0.00580. The summed E-state index contributed by atoms with van der Waals surface area (Å²) in [7, 11) is 0. The Morgan fingerprint density at radius 3 is 3.08 bits per heavy atom. The molecule has 3 N–H and O–H groups in total. The van der Waals surface area contributed by atoms with Crippen molar-refractivity contribution in [2.75, 3.05) is 26.2 Å². The van der Waals surface area contributed by atoms with E-state index in [1.807, 2.05) is 0 Å². The molecule has 0 bridgehead atoms. The number of ether oxygens (including phenoxy) is 1. The maximum Gasteiger partial charge on any atom is 0.127 e. The van der Waals surface area contributed by atoms with Crippen molar-refractivity contribution in [1.29, 1.82) is 5.41 Å². The van der Waals surface area contributed by atoms with Gasteiger partial charge in [0.05, 0.1) is 6.61 Å². The van der Waals surface area contributed by atoms with E-state index in [0.29, 0.717) is 6.61 Å². The summed E-state index contributed by atoms with van der Waals surface area (Å²) in [6.45, 7) is 5.68. The molecule has 0 spiro atoms. The van der Waals surface area contributed by atoms with Crippen LogP contribution in [0.15, 0.2) is 0 Å². The average molecular weight is 171 g/mol. The van der Waals surface area contributed by atoms with E-state index in [0.717, 1.165) is 26.1 Å². The second-order valence-corrected chi connectivity index (χ2v) is 3.12. The van der Waals surface area contributed by atoms with E-state index in [9.17, 15) is 0 Å². The molecule has 70 valence electrons. The number of nitrogens with two attached hydrogens (primary N) is 1. The minimum absolute atomic E-state index is 0.149. The van der Waals surface area contributed by atoms with E-state index in [2.05, 4.69) is 11.8 Å². The molecule has 0 radical (unpaired) electrons. The predicted molar refractivity (Wildman–Crippen MR) is 48.4 cm³/mol. The third-order valence-corrected chi connectivity index (χ3v) is 2.04. The van der Waals surface area contributed by atoms with Crippen molar-refractivity contribution < 1.29 is 4.74 Å². The van der Waals surface area contributed by atoms with Gasteiger partial charge in [-0.2, -0.15) is 0 Å². The molecule has 0 amide bonds. The number of rotatable bonds is 3. The highest BCUT2D eigenvalue weighted by Crippen LogP contribution is 2.04. The smallest absolute Gasteiger partial charge is 0.127 e. The van der Waals surface area contributed by atoms with E-state index in [-0.39, 0.29) is 11.9 Å². The standard InChI is InChI=1S/C8H17N3O/c1-2-3-11-4-5-12-7(6-11)8(9)10/h7H,2-6H2,1H3,(H3,9,10). The zero-order valence-electron chi connectivity index (χ0n) is 7.55. The van der Waals surface area contributed by atoms with Gasteiger partial charge in [-0.1, -0.05) is 6.92 Å². The molecule has 0 aromatic heterocycles. The first-order valence-electron chi connectivity index (χ1n) is 4.42. The van der Waals surface area contributed by atoms with Crippen molar-refractivity contribution in [1.82, 2.24) is 4.90 Å². The largest absolute Gasteiger partial charge is 0.385 e. The van der Waals surface area contributed by atoms with Gasteiger partial charge in [0.15, 0.2) is 0 Å². The molecule has 4 heteroatoms. The Kier molecular flexibility index (Phi) is 3.49. The van der Waals surface area contributed by atoms with Crippen LogP contribution in [-0.2, 0) is 4.74 Å². The SMILES string of the molecule is CCCN1CCOC(C(=N)N)C1. The lowest BCUT2D eigenvalue weighted by Crippen LogP contribution is -2.48. The van der Waals surface area contributed by atoms with Crippen LogP contribution in [-0.4, -0.2) is 43.1 Å². The first-order valence-corrected chi connectivity index (χ1v) is 4.42. The van der Waals surface area contributed by atoms with Gasteiger partial charge in [0.2, 0.25) is 0 Å². The summed E-state index contributed by atoms with van der Waals surface area (Å²) < 4.78 is 5.32. The summed E-state index contributed by atoms with van der Waals surface area (Å²) in [6.07, 6.45) is 0.968. The van der Waals surface area contributed by atoms with E-state index in [1.54, 1.807) is 0 Å². The van der Waals surface area contributed by atoms with Gasteiger partial charge in [0.25, 0.3) is 0 Å². The van der Waals surface area contributed by atoms with Gasteiger partial charge >= 0.3 is 0 Å². The molecule has 0 aromatic carbocycles. The third-order valence-electron chi connectivity index (χ3n) is 2.04. The van der Waals surface area contributed by atoms with Crippen molar-refractivity contribution >= 4 is 5.84 Å². The van der Waals surface area contributed by atoms with Crippen molar-refractivity contribution in [3.8, 4) is 0 Å². The van der Waals surface area contributed by atoms with E-state index >= 15 is 0 Å². The number of nitrogens with zero attached hydrogens (tertiary/aromatic N) is 1. The quantitative estimate of drug-likeness (QED) is 0.465. The molecular formula is C8H17N3O. The summed E-state index contributed by atoms with van der Waals surface area (Å²) in [6, 6.07) is 0. The first kappa shape index (κ1) is 9.48. The van der Waals surface area contributed by atoms with E-state index in [1.165, 1.54) is 0 Å². The highest BCUT2D eigenvalue weighted by molar-refractivity contribution is 5.82. The highest BCUT2D eigenvalue weighted by atomic mass is 16.5. The van der Waals surface area contributed by atoms with Gasteiger partial charge in [-0.05, 0) is 13.0 Å². The van der Waals surface area contributed by atoms with Crippen molar-refractivity contribution in [3.05, 3.63) is 0 Å². The number of morpholine rings is 1. The normalized spacial score (nSPS) is 25.6. The maximum atomic E-state index is 7.24.